The monoisotopic (exact) mass is 538 g/mol. The molecule has 2 aromatic carbocycles. The average molecular weight is 539 g/mol. The zero-order chi connectivity index (χ0) is 28.0. The molecule has 11 heteroatoms. The third-order valence-electron chi connectivity index (χ3n) is 6.37. The summed E-state index contributed by atoms with van der Waals surface area (Å²) >= 11 is 0. The number of carboxylic acid groups (broad SMARTS) is 1. The molecule has 1 saturated heterocycles. The van der Waals surface area contributed by atoms with Crippen molar-refractivity contribution in [3.05, 3.63) is 89.2 Å². The van der Waals surface area contributed by atoms with Gasteiger partial charge < -0.3 is 34.3 Å². The minimum Gasteiger partial charge on any atom is -0.479 e. The molecule has 1 aliphatic rings. The molecule has 2 heterocycles. The van der Waals surface area contributed by atoms with Gasteiger partial charge in [-0.15, -0.1) is 0 Å². The lowest BCUT2D eigenvalue weighted by Gasteiger charge is -2.39. The number of ether oxygens (including phenoxy) is 4. The molecule has 0 radical (unpaired) electrons. The fourth-order valence-corrected chi connectivity index (χ4v) is 4.61. The number of hydrogen-bond donors (Lipinski definition) is 3. The molecule has 0 saturated carbocycles. The van der Waals surface area contributed by atoms with Crippen LogP contribution < -0.4 is 4.74 Å². The van der Waals surface area contributed by atoms with Gasteiger partial charge in [0.1, 0.15) is 0 Å². The summed E-state index contributed by atoms with van der Waals surface area (Å²) in [4.78, 5) is 33.9. The van der Waals surface area contributed by atoms with Gasteiger partial charge in [0.05, 0.1) is 18.4 Å². The van der Waals surface area contributed by atoms with Crippen molar-refractivity contribution in [1.82, 2.24) is 9.97 Å². The zero-order valence-electron chi connectivity index (χ0n) is 21.5. The van der Waals surface area contributed by atoms with Crippen LogP contribution in [0.2, 0.25) is 0 Å². The maximum absolute atomic E-state index is 13.9. The Morgan fingerprint density at radius 1 is 1.05 bits per heavy atom. The predicted molar refractivity (Wildman–Crippen MR) is 135 cm³/mol. The van der Waals surface area contributed by atoms with E-state index in [1.165, 1.54) is 7.11 Å². The predicted octanol–water partition coefficient (Wildman–Crippen LogP) is 2.11. The quantitative estimate of drug-likeness (QED) is 0.325. The van der Waals surface area contributed by atoms with Crippen molar-refractivity contribution in [2.24, 2.45) is 0 Å². The van der Waals surface area contributed by atoms with Gasteiger partial charge in [-0.05, 0) is 24.1 Å². The van der Waals surface area contributed by atoms with Gasteiger partial charge in [-0.1, -0.05) is 60.7 Å². The van der Waals surface area contributed by atoms with Gasteiger partial charge in [-0.25, -0.2) is 14.6 Å². The van der Waals surface area contributed by atoms with Crippen molar-refractivity contribution in [2.45, 2.75) is 56.6 Å². The normalized spacial score (nSPS) is 20.2. The molecule has 206 valence electrons. The fraction of sp³-hybridized carbons (Fsp3) is 0.357. The van der Waals surface area contributed by atoms with Crippen LogP contribution in [0.4, 0.5) is 0 Å². The molecule has 39 heavy (non-hydrogen) atoms. The van der Waals surface area contributed by atoms with Crippen LogP contribution in [-0.4, -0.2) is 68.9 Å². The number of methoxy groups -OCH3 is 1. The lowest BCUT2D eigenvalue weighted by molar-refractivity contribution is -0.231. The highest BCUT2D eigenvalue weighted by Gasteiger charge is 2.51. The third kappa shape index (κ3) is 6.23. The smallest absolute Gasteiger partial charge is 0.353 e. The first-order chi connectivity index (χ1) is 18.8. The Bertz CT molecular complexity index is 1230. The van der Waals surface area contributed by atoms with Gasteiger partial charge in [0.2, 0.25) is 12.4 Å². The second-order valence-corrected chi connectivity index (χ2v) is 9.07. The molecule has 1 aromatic heterocycles. The Hall–Kier alpha value is -3.90. The van der Waals surface area contributed by atoms with Gasteiger partial charge in [0, 0.05) is 25.6 Å². The third-order valence-corrected chi connectivity index (χ3v) is 6.37. The number of hydrogen-bond acceptors (Lipinski definition) is 10. The first-order valence-electron chi connectivity index (χ1n) is 12.3. The van der Waals surface area contributed by atoms with E-state index in [9.17, 15) is 24.9 Å². The molecule has 4 unspecified atom stereocenters. The Labute approximate surface area is 225 Å². The molecule has 11 nitrogen and oxygen atoms in total. The Morgan fingerprint density at radius 2 is 1.67 bits per heavy atom. The van der Waals surface area contributed by atoms with Crippen molar-refractivity contribution >= 4 is 11.9 Å². The first-order valence-corrected chi connectivity index (χ1v) is 12.3. The Balaban J connectivity index is 1.82. The van der Waals surface area contributed by atoms with Crippen LogP contribution in [0.15, 0.2) is 66.7 Å². The molecule has 4 atom stereocenters. The van der Waals surface area contributed by atoms with Crippen LogP contribution in [-0.2, 0) is 36.0 Å². The molecule has 3 aromatic rings. The number of nitrogens with zero attached hydrogens (tertiary/aromatic N) is 2. The van der Waals surface area contributed by atoms with Crippen molar-refractivity contribution in [1.29, 1.82) is 0 Å². The average Bonchev–Trinajstić information content (AvgIpc) is 2.93. The molecule has 1 fully saturated rings. The van der Waals surface area contributed by atoms with Crippen LogP contribution >= 0.6 is 0 Å². The van der Waals surface area contributed by atoms with Crippen LogP contribution in [0.25, 0.3) is 0 Å². The minimum absolute atomic E-state index is 0.130. The minimum atomic E-state index is -1.59. The van der Waals surface area contributed by atoms with E-state index in [1.807, 2.05) is 12.1 Å². The van der Waals surface area contributed by atoms with E-state index in [4.69, 9.17) is 18.9 Å². The maximum Gasteiger partial charge on any atom is 0.353 e. The lowest BCUT2D eigenvalue weighted by atomic mass is 9.81. The van der Waals surface area contributed by atoms with Gasteiger partial charge in [-0.2, -0.15) is 4.98 Å². The van der Waals surface area contributed by atoms with Crippen molar-refractivity contribution in [2.75, 3.05) is 7.11 Å². The topological polar surface area (TPSA) is 158 Å². The SMILES string of the molecule is COC(c1ccccc1)(c1ccccc1)C(Oc1nc(C)cc(CO)n1)C(=O)OC1CC(O)CC(C(=O)O)O1. The van der Waals surface area contributed by atoms with E-state index in [0.717, 1.165) is 0 Å². The summed E-state index contributed by atoms with van der Waals surface area (Å²) in [6, 6.07) is 19.1. The summed E-state index contributed by atoms with van der Waals surface area (Å²) in [5.74, 6) is -2.25. The van der Waals surface area contributed by atoms with Crippen LogP contribution in [0.1, 0.15) is 35.4 Å². The molecular weight excluding hydrogens is 508 g/mol. The number of rotatable bonds is 10. The van der Waals surface area contributed by atoms with Crippen molar-refractivity contribution < 1.29 is 43.9 Å². The number of carbonyl (C=O) groups excluding carboxylic acids is 1. The van der Waals surface area contributed by atoms with Crippen LogP contribution in [0, 0.1) is 6.92 Å². The highest BCUT2D eigenvalue weighted by molar-refractivity contribution is 5.79. The number of aliphatic carboxylic acids is 1. The summed E-state index contributed by atoms with van der Waals surface area (Å²) in [5, 5.41) is 29.2. The van der Waals surface area contributed by atoms with Crippen LogP contribution in [0.3, 0.4) is 0 Å². The molecular formula is C28H30N2O9. The largest absolute Gasteiger partial charge is 0.479 e. The van der Waals surface area contributed by atoms with Gasteiger partial charge in [0.25, 0.3) is 0 Å². The number of benzene rings is 2. The summed E-state index contributed by atoms with van der Waals surface area (Å²) < 4.78 is 23.3. The van der Waals surface area contributed by atoms with Gasteiger partial charge in [0.15, 0.2) is 11.7 Å². The summed E-state index contributed by atoms with van der Waals surface area (Å²) in [6.45, 7) is 1.30. The molecule has 1 aliphatic heterocycles. The number of aliphatic hydroxyl groups excluding tert-OH is 2. The number of carbonyl (C=O) groups is 2. The van der Waals surface area contributed by atoms with E-state index in [0.29, 0.717) is 16.8 Å². The maximum atomic E-state index is 13.9. The van der Waals surface area contributed by atoms with E-state index in [-0.39, 0.29) is 31.2 Å². The van der Waals surface area contributed by atoms with E-state index < -0.39 is 42.1 Å². The van der Waals surface area contributed by atoms with Crippen molar-refractivity contribution in [3.63, 3.8) is 0 Å². The number of aliphatic hydroxyl groups is 2. The summed E-state index contributed by atoms with van der Waals surface area (Å²) in [7, 11) is 1.42. The molecule has 0 amide bonds. The van der Waals surface area contributed by atoms with E-state index >= 15 is 0 Å². The number of aromatic nitrogens is 2. The molecule has 0 aliphatic carbocycles. The highest BCUT2D eigenvalue weighted by atomic mass is 16.7. The van der Waals surface area contributed by atoms with E-state index in [1.54, 1.807) is 61.5 Å². The second-order valence-electron chi connectivity index (χ2n) is 9.07. The Morgan fingerprint density at radius 3 is 2.21 bits per heavy atom. The fourth-order valence-electron chi connectivity index (χ4n) is 4.61. The lowest BCUT2D eigenvalue weighted by Crippen LogP contribution is -2.53. The van der Waals surface area contributed by atoms with Crippen LogP contribution in [0.5, 0.6) is 6.01 Å². The molecule has 3 N–H and O–H groups in total. The first kappa shape index (κ1) is 28.1. The Kier molecular flexibility index (Phi) is 8.87. The van der Waals surface area contributed by atoms with Crippen molar-refractivity contribution in [3.8, 4) is 6.01 Å². The number of carboxylic acids is 1. The molecule has 0 spiro atoms. The van der Waals surface area contributed by atoms with E-state index in [2.05, 4.69) is 9.97 Å². The highest BCUT2D eigenvalue weighted by Crippen LogP contribution is 2.39. The summed E-state index contributed by atoms with van der Waals surface area (Å²) in [5.41, 5.74) is 0.259. The summed E-state index contributed by atoms with van der Waals surface area (Å²) in [6.07, 6.45) is -5.62. The molecule has 4 rings (SSSR count). The van der Waals surface area contributed by atoms with Gasteiger partial charge in [-0.3, -0.25) is 0 Å². The molecule has 0 bridgehead atoms. The standard InChI is InChI=1S/C28H30N2O9/c1-17-13-20(16-31)30-27(29-17)39-24(26(35)38-23-15-21(32)14-22(37-23)25(33)34)28(36-2,18-9-5-3-6-10-18)19-11-7-4-8-12-19/h3-13,21-24,31-32H,14-16H2,1-2H3,(H,33,34). The van der Waals surface area contributed by atoms with Gasteiger partial charge >= 0.3 is 17.9 Å². The second kappa shape index (κ2) is 12.3. The zero-order valence-corrected chi connectivity index (χ0v) is 21.5. The number of esters is 1. The number of aryl methyl sites for hydroxylation is 1.